The molecule has 6 aliphatic heterocycles. The third-order valence-electron chi connectivity index (χ3n) is 9.70. The fourth-order valence-corrected chi connectivity index (χ4v) is 8.30. The van der Waals surface area contributed by atoms with Crippen LogP contribution in [0.2, 0.25) is 0 Å². The van der Waals surface area contributed by atoms with E-state index >= 15 is 0 Å². The number of carbonyl (C=O) groups excluding carboxylic acids is 2. The standard InChI is InChI=1S/2C16H23N3O4S.H2O/c2*1-24(22,23)18-14-4-2-12(3-5-14)15(20)17-10-16(21)11-19-8-6-13(16)7-9-19;/h2*2-5,13,18,21H,6-11H2,1H3,(H,17,20);1H2. The van der Waals surface area contributed by atoms with Crippen molar-refractivity contribution in [2.75, 3.05) is 74.3 Å². The second kappa shape index (κ2) is 15.3. The van der Waals surface area contributed by atoms with Crippen molar-refractivity contribution < 1.29 is 42.1 Å². The highest BCUT2D eigenvalue weighted by atomic mass is 32.2. The van der Waals surface area contributed by atoms with Crippen LogP contribution in [0.4, 0.5) is 11.4 Å². The van der Waals surface area contributed by atoms with Crippen molar-refractivity contribution in [2.24, 2.45) is 11.8 Å². The normalized spacial score (nSPS) is 28.7. The molecular formula is C32H48N6O9S2. The lowest BCUT2D eigenvalue weighted by Gasteiger charge is -2.50. The highest BCUT2D eigenvalue weighted by Gasteiger charge is 2.46. The van der Waals surface area contributed by atoms with E-state index in [1.807, 2.05) is 0 Å². The molecular weight excluding hydrogens is 677 g/mol. The number of hydrogen-bond acceptors (Lipinski definition) is 10. The first kappa shape index (κ1) is 38.5. The van der Waals surface area contributed by atoms with Gasteiger partial charge in [0.2, 0.25) is 20.0 Å². The molecule has 2 aromatic rings. The number of rotatable bonds is 10. The fourth-order valence-electron chi connectivity index (χ4n) is 7.17. The van der Waals surface area contributed by atoms with Gasteiger partial charge < -0.3 is 36.1 Å². The van der Waals surface area contributed by atoms with Crippen molar-refractivity contribution in [3.8, 4) is 0 Å². The van der Waals surface area contributed by atoms with Gasteiger partial charge in [0, 0.05) is 48.7 Å². The summed E-state index contributed by atoms with van der Waals surface area (Å²) in [6, 6.07) is 12.4. The van der Waals surface area contributed by atoms with Gasteiger partial charge in [-0.05, 0) is 112 Å². The maximum Gasteiger partial charge on any atom is 0.251 e. The molecule has 6 heterocycles. The summed E-state index contributed by atoms with van der Waals surface area (Å²) in [6.45, 7) is 5.77. The third-order valence-corrected chi connectivity index (χ3v) is 10.9. The van der Waals surface area contributed by atoms with E-state index in [1.54, 1.807) is 48.5 Å². The second-order valence-electron chi connectivity index (χ2n) is 13.6. The van der Waals surface area contributed by atoms with Crippen LogP contribution in [0.25, 0.3) is 0 Å². The zero-order chi connectivity index (χ0) is 34.7. The van der Waals surface area contributed by atoms with Gasteiger partial charge in [-0.15, -0.1) is 0 Å². The van der Waals surface area contributed by atoms with Gasteiger partial charge in [0.25, 0.3) is 11.8 Å². The zero-order valence-corrected chi connectivity index (χ0v) is 29.4. The van der Waals surface area contributed by atoms with Crippen LogP contribution in [0.5, 0.6) is 0 Å². The molecule has 6 fully saturated rings. The van der Waals surface area contributed by atoms with Crippen molar-refractivity contribution in [1.82, 2.24) is 20.4 Å². The summed E-state index contributed by atoms with van der Waals surface area (Å²) in [5.74, 6) is -0.0650. The first-order chi connectivity index (χ1) is 22.5. The molecule has 2 amide bonds. The van der Waals surface area contributed by atoms with E-state index in [0.717, 1.165) is 64.4 Å². The van der Waals surface area contributed by atoms with E-state index in [-0.39, 0.29) is 42.2 Å². The lowest BCUT2D eigenvalue weighted by Crippen LogP contribution is -2.63. The van der Waals surface area contributed by atoms with Crippen molar-refractivity contribution >= 4 is 43.2 Å². The second-order valence-corrected chi connectivity index (χ2v) is 17.1. The Hall–Kier alpha value is -3.32. The average Bonchev–Trinajstić information content (AvgIpc) is 3.03. The molecule has 4 bridgehead atoms. The molecule has 2 unspecified atom stereocenters. The van der Waals surface area contributed by atoms with Gasteiger partial charge in [-0.3, -0.25) is 19.0 Å². The van der Waals surface area contributed by atoms with Gasteiger partial charge in [-0.2, -0.15) is 0 Å². The summed E-state index contributed by atoms with van der Waals surface area (Å²) in [7, 11) is -6.67. The molecule has 17 heteroatoms. The number of nitrogens with one attached hydrogen (secondary N) is 4. The minimum atomic E-state index is -3.34. The first-order valence-electron chi connectivity index (χ1n) is 16.1. The molecule has 272 valence electrons. The largest absolute Gasteiger partial charge is 0.412 e. The van der Waals surface area contributed by atoms with Gasteiger partial charge in [0.05, 0.1) is 23.7 Å². The summed E-state index contributed by atoms with van der Waals surface area (Å²) in [5.41, 5.74) is -0.0403. The lowest BCUT2D eigenvalue weighted by molar-refractivity contribution is -0.108. The number of hydrogen-bond donors (Lipinski definition) is 6. The number of fused-ring (bicyclic) bond motifs is 6. The van der Waals surface area contributed by atoms with Crippen molar-refractivity contribution in [1.29, 1.82) is 0 Å². The number of anilines is 2. The number of benzene rings is 2. The van der Waals surface area contributed by atoms with Crippen LogP contribution >= 0.6 is 0 Å². The minimum absolute atomic E-state index is 0. The van der Waals surface area contributed by atoms with Crippen LogP contribution in [-0.2, 0) is 20.0 Å². The Labute approximate surface area is 287 Å². The Bertz CT molecular complexity index is 1550. The van der Waals surface area contributed by atoms with Crippen LogP contribution in [0.15, 0.2) is 48.5 Å². The number of piperidine rings is 6. The highest BCUT2D eigenvalue weighted by Crippen LogP contribution is 2.36. The maximum absolute atomic E-state index is 12.3. The van der Waals surface area contributed by atoms with Crippen LogP contribution in [0, 0.1) is 11.8 Å². The van der Waals surface area contributed by atoms with Crippen LogP contribution in [0.3, 0.4) is 0 Å². The van der Waals surface area contributed by atoms with Crippen molar-refractivity contribution in [2.45, 2.75) is 36.9 Å². The predicted molar refractivity (Wildman–Crippen MR) is 186 cm³/mol. The van der Waals surface area contributed by atoms with E-state index in [4.69, 9.17) is 0 Å². The van der Waals surface area contributed by atoms with E-state index in [0.29, 0.717) is 35.6 Å². The smallest absolute Gasteiger partial charge is 0.251 e. The predicted octanol–water partition coefficient (Wildman–Crippen LogP) is -0.335. The number of nitrogens with zero attached hydrogens (tertiary/aromatic N) is 2. The third kappa shape index (κ3) is 10.3. The number of amides is 2. The molecule has 0 saturated carbocycles. The van der Waals surface area contributed by atoms with Crippen molar-refractivity contribution in [3.05, 3.63) is 59.7 Å². The quantitative estimate of drug-likeness (QED) is 0.187. The van der Waals surface area contributed by atoms with E-state index < -0.39 is 31.2 Å². The number of aliphatic hydroxyl groups is 2. The van der Waals surface area contributed by atoms with Gasteiger partial charge >= 0.3 is 0 Å². The molecule has 8 rings (SSSR count). The molecule has 6 saturated heterocycles. The highest BCUT2D eigenvalue weighted by molar-refractivity contribution is 7.92. The van der Waals surface area contributed by atoms with Crippen LogP contribution < -0.4 is 20.1 Å². The van der Waals surface area contributed by atoms with E-state index in [2.05, 4.69) is 29.9 Å². The fraction of sp³-hybridized carbons (Fsp3) is 0.562. The number of sulfonamides is 2. The Kier molecular flexibility index (Phi) is 12.0. The monoisotopic (exact) mass is 724 g/mol. The molecule has 0 radical (unpaired) electrons. The molecule has 8 N–H and O–H groups in total. The topological polar surface area (TPSA) is 229 Å². The molecule has 2 atom stereocenters. The Morgan fingerprint density at radius 2 is 0.959 bits per heavy atom. The van der Waals surface area contributed by atoms with Gasteiger partial charge in [0.15, 0.2) is 0 Å². The molecule has 0 aromatic heterocycles. The zero-order valence-electron chi connectivity index (χ0n) is 27.8. The van der Waals surface area contributed by atoms with E-state index in [9.17, 15) is 36.6 Å². The molecule has 15 nitrogen and oxygen atoms in total. The van der Waals surface area contributed by atoms with Gasteiger partial charge in [-0.1, -0.05) is 0 Å². The minimum Gasteiger partial charge on any atom is -0.412 e. The van der Waals surface area contributed by atoms with Crippen LogP contribution in [-0.4, -0.2) is 130 Å². The molecule has 49 heavy (non-hydrogen) atoms. The summed E-state index contributed by atoms with van der Waals surface area (Å²) >= 11 is 0. The molecule has 0 aliphatic carbocycles. The average molecular weight is 725 g/mol. The Morgan fingerprint density at radius 1 is 0.653 bits per heavy atom. The molecule has 0 spiro atoms. The summed E-state index contributed by atoms with van der Waals surface area (Å²) in [6.07, 6.45) is 6.03. The van der Waals surface area contributed by atoms with Gasteiger partial charge in [0.1, 0.15) is 0 Å². The summed E-state index contributed by atoms with van der Waals surface area (Å²) < 4.78 is 49.4. The SMILES string of the molecule is CS(=O)(=O)Nc1ccc(C(=O)NCC2(O)CN3CCC2CC3)cc1.CS(=O)(=O)Nc1ccc(C(=O)NCC2(O)CN3CCC2CC3)cc1.O. The van der Waals surface area contributed by atoms with Gasteiger partial charge in [-0.25, -0.2) is 16.8 Å². The number of carbonyl (C=O) groups is 2. The Balaban J connectivity index is 0.000000216. The summed E-state index contributed by atoms with van der Waals surface area (Å²) in [5, 5.41) is 27.2. The van der Waals surface area contributed by atoms with Crippen LogP contribution in [0.1, 0.15) is 46.4 Å². The lowest BCUT2D eigenvalue weighted by atomic mass is 9.75. The first-order valence-corrected chi connectivity index (χ1v) is 19.9. The summed E-state index contributed by atoms with van der Waals surface area (Å²) in [4.78, 5) is 29.0. The van der Waals surface area contributed by atoms with E-state index in [1.165, 1.54) is 0 Å². The molecule has 6 aliphatic rings. The van der Waals surface area contributed by atoms with Crippen molar-refractivity contribution in [3.63, 3.8) is 0 Å². The Morgan fingerprint density at radius 3 is 1.20 bits per heavy atom. The maximum atomic E-state index is 12.3. The molecule has 2 aromatic carbocycles.